The van der Waals surface area contributed by atoms with Gasteiger partial charge in [-0.15, -0.1) is 0 Å². The molecule has 1 aliphatic heterocycles. The predicted molar refractivity (Wildman–Crippen MR) is 246 cm³/mol. The summed E-state index contributed by atoms with van der Waals surface area (Å²) in [5, 5.41) is 54.0. The van der Waals surface area contributed by atoms with Crippen molar-refractivity contribution >= 4 is 11.9 Å². The molecule has 1 rings (SSSR count). The molecule has 11 heteroatoms. The molecule has 1 aliphatic rings. The van der Waals surface area contributed by atoms with Crippen molar-refractivity contribution < 1.29 is 49.3 Å². The van der Waals surface area contributed by atoms with Gasteiger partial charge in [-0.3, -0.25) is 9.59 Å². The fourth-order valence-electron chi connectivity index (χ4n) is 7.44. The molecule has 0 saturated carbocycles. The molecule has 0 spiro atoms. The molecule has 7 atom stereocenters. The molecule has 6 N–H and O–H groups in total. The molecular formula is C50H91NO10. The molecule has 0 aromatic rings. The van der Waals surface area contributed by atoms with Crippen LogP contribution in [0.5, 0.6) is 0 Å². The lowest BCUT2D eigenvalue weighted by Crippen LogP contribution is -2.60. The molecule has 0 bridgehead atoms. The number of amides is 1. The lowest BCUT2D eigenvalue weighted by Gasteiger charge is -2.40. The van der Waals surface area contributed by atoms with Crippen LogP contribution in [-0.4, -0.2) is 100 Å². The van der Waals surface area contributed by atoms with Crippen molar-refractivity contribution in [1.82, 2.24) is 5.32 Å². The molecule has 0 aromatic heterocycles. The van der Waals surface area contributed by atoms with Crippen LogP contribution < -0.4 is 5.32 Å². The summed E-state index contributed by atoms with van der Waals surface area (Å²) in [6, 6.07) is -0.844. The van der Waals surface area contributed by atoms with E-state index in [4.69, 9.17) is 14.2 Å². The summed E-state index contributed by atoms with van der Waals surface area (Å²) in [5.74, 6) is -0.270. The number of carbonyl (C=O) groups excluding carboxylic acids is 2. The van der Waals surface area contributed by atoms with Crippen molar-refractivity contribution in [3.63, 3.8) is 0 Å². The highest BCUT2D eigenvalue weighted by molar-refractivity contribution is 5.76. The first-order valence-corrected chi connectivity index (χ1v) is 24.8. The highest BCUT2D eigenvalue weighted by Gasteiger charge is 2.44. The highest BCUT2D eigenvalue weighted by atomic mass is 16.7. The number of esters is 1. The largest absolute Gasteiger partial charge is 0.466 e. The molecule has 0 aliphatic carbocycles. The Bertz CT molecular complexity index is 1110. The van der Waals surface area contributed by atoms with E-state index in [2.05, 4.69) is 43.5 Å². The third-order valence-electron chi connectivity index (χ3n) is 11.5. The fraction of sp³-hybridized carbons (Fsp3) is 0.840. The molecule has 1 saturated heterocycles. The minimum Gasteiger partial charge on any atom is -0.466 e. The topological polar surface area (TPSA) is 175 Å². The summed E-state index contributed by atoms with van der Waals surface area (Å²) >= 11 is 0. The molecule has 7 unspecified atom stereocenters. The predicted octanol–water partition coefficient (Wildman–Crippen LogP) is 9.60. The Balaban J connectivity index is 2.22. The van der Waals surface area contributed by atoms with Crippen molar-refractivity contribution in [2.75, 3.05) is 19.8 Å². The second-order valence-corrected chi connectivity index (χ2v) is 17.2. The molecule has 1 heterocycles. The zero-order valence-corrected chi connectivity index (χ0v) is 38.6. The monoisotopic (exact) mass is 866 g/mol. The van der Waals surface area contributed by atoms with Crippen molar-refractivity contribution in [1.29, 1.82) is 0 Å². The molecule has 1 fully saturated rings. The maximum Gasteiger partial charge on any atom is 0.305 e. The van der Waals surface area contributed by atoms with Gasteiger partial charge in [-0.05, 0) is 77.0 Å². The average Bonchev–Trinajstić information content (AvgIpc) is 3.25. The first-order valence-electron chi connectivity index (χ1n) is 24.8. The smallest absolute Gasteiger partial charge is 0.305 e. The number of aliphatic hydroxyl groups is 5. The maximum atomic E-state index is 12.9. The number of rotatable bonds is 41. The lowest BCUT2D eigenvalue weighted by atomic mass is 9.99. The van der Waals surface area contributed by atoms with Crippen molar-refractivity contribution in [2.45, 2.75) is 249 Å². The molecule has 61 heavy (non-hydrogen) atoms. The first-order chi connectivity index (χ1) is 29.7. The van der Waals surface area contributed by atoms with Gasteiger partial charge < -0.3 is 45.1 Å². The van der Waals surface area contributed by atoms with E-state index in [-0.39, 0.29) is 18.5 Å². The number of allylic oxidation sites excluding steroid dienone is 5. The average molecular weight is 866 g/mol. The molecule has 1 amide bonds. The van der Waals surface area contributed by atoms with Crippen LogP contribution in [-0.2, 0) is 23.8 Å². The number of nitrogens with one attached hydrogen (secondary N) is 1. The second kappa shape index (κ2) is 40.6. The van der Waals surface area contributed by atoms with E-state index in [9.17, 15) is 35.1 Å². The molecular weight excluding hydrogens is 775 g/mol. The quantitative estimate of drug-likeness (QED) is 0.0197. The van der Waals surface area contributed by atoms with Gasteiger partial charge in [0, 0.05) is 12.8 Å². The molecule has 0 aromatic carbocycles. The summed E-state index contributed by atoms with van der Waals surface area (Å²) in [5.41, 5.74) is 0. The van der Waals surface area contributed by atoms with E-state index in [1.165, 1.54) is 83.5 Å². The zero-order chi connectivity index (χ0) is 44.6. The van der Waals surface area contributed by atoms with Crippen molar-refractivity contribution in [3.05, 3.63) is 36.5 Å². The lowest BCUT2D eigenvalue weighted by molar-refractivity contribution is -0.302. The maximum absolute atomic E-state index is 12.9. The SMILES string of the molecule is CCCCCC/C=C/CC/C=C/C(O)C(COC1OC(CO)C(O)C(O)C1O)NC(=O)CCCCCCC/C=C\CCCCCOC(=O)CCCCCCCCCCCCC. The standard InChI is InChI=1S/C50H91NO10/c1-3-5-7-9-11-13-17-22-26-30-34-38-46(55)59-39-35-31-27-23-19-16-15-18-21-25-29-33-37-45(54)51-42(41-60-50-49(58)48(57)47(56)44(40-52)61-50)43(53)36-32-28-24-20-14-12-10-8-6-4-2/h14,16,19-20,32,36,42-44,47-50,52-53,56-58H,3-13,15,17-18,21-31,33-35,37-41H2,1-2H3,(H,51,54)/b19-16-,20-14+,36-32+. The Kier molecular flexibility index (Phi) is 37.9. The van der Waals surface area contributed by atoms with Gasteiger partial charge in [0.2, 0.25) is 5.91 Å². The number of unbranched alkanes of at least 4 members (excludes halogenated alkanes) is 23. The molecule has 11 nitrogen and oxygen atoms in total. The van der Waals surface area contributed by atoms with Gasteiger partial charge in [0.1, 0.15) is 24.4 Å². The van der Waals surface area contributed by atoms with Crippen LogP contribution >= 0.6 is 0 Å². The van der Waals surface area contributed by atoms with Crippen LogP contribution in [0.3, 0.4) is 0 Å². The number of aliphatic hydroxyl groups excluding tert-OH is 5. The Morgan fingerprint density at radius 2 is 1.07 bits per heavy atom. The minimum atomic E-state index is -1.58. The van der Waals surface area contributed by atoms with E-state index in [1.807, 2.05) is 6.08 Å². The Morgan fingerprint density at radius 1 is 0.590 bits per heavy atom. The summed E-state index contributed by atoms with van der Waals surface area (Å²) in [7, 11) is 0. The number of hydrogen-bond donors (Lipinski definition) is 6. The van der Waals surface area contributed by atoms with Gasteiger partial charge in [-0.1, -0.05) is 153 Å². The van der Waals surface area contributed by atoms with Gasteiger partial charge in [0.15, 0.2) is 6.29 Å². The minimum absolute atomic E-state index is 0.0493. The molecule has 356 valence electrons. The zero-order valence-electron chi connectivity index (χ0n) is 38.6. The number of ether oxygens (including phenoxy) is 3. The molecule has 0 radical (unpaired) electrons. The Hall–Kier alpha value is -2.12. The van der Waals surface area contributed by atoms with Crippen LogP contribution in [0.25, 0.3) is 0 Å². The first kappa shape index (κ1) is 56.9. The van der Waals surface area contributed by atoms with Gasteiger partial charge in [0.25, 0.3) is 0 Å². The van der Waals surface area contributed by atoms with Crippen molar-refractivity contribution in [2.24, 2.45) is 0 Å². The Labute approximate surface area is 371 Å². The summed E-state index contributed by atoms with van der Waals surface area (Å²) < 4.78 is 16.6. The van der Waals surface area contributed by atoms with Crippen LogP contribution in [0.4, 0.5) is 0 Å². The summed E-state index contributed by atoms with van der Waals surface area (Å²) in [4.78, 5) is 24.9. The van der Waals surface area contributed by atoms with E-state index in [0.29, 0.717) is 25.9 Å². The third-order valence-corrected chi connectivity index (χ3v) is 11.5. The van der Waals surface area contributed by atoms with Gasteiger partial charge in [-0.25, -0.2) is 0 Å². The van der Waals surface area contributed by atoms with E-state index >= 15 is 0 Å². The van der Waals surface area contributed by atoms with Gasteiger partial charge in [0.05, 0.1) is 32.0 Å². The number of carbonyl (C=O) groups is 2. The highest BCUT2D eigenvalue weighted by Crippen LogP contribution is 2.22. The van der Waals surface area contributed by atoms with Crippen LogP contribution in [0, 0.1) is 0 Å². The van der Waals surface area contributed by atoms with Crippen LogP contribution in [0.15, 0.2) is 36.5 Å². The van der Waals surface area contributed by atoms with Crippen molar-refractivity contribution in [3.8, 4) is 0 Å². The van der Waals surface area contributed by atoms with Crippen LogP contribution in [0.1, 0.15) is 206 Å². The third kappa shape index (κ3) is 31.4. The van der Waals surface area contributed by atoms with E-state index in [0.717, 1.165) is 89.9 Å². The fourth-order valence-corrected chi connectivity index (χ4v) is 7.44. The number of hydrogen-bond acceptors (Lipinski definition) is 10. The van der Waals surface area contributed by atoms with Gasteiger partial charge in [-0.2, -0.15) is 0 Å². The normalized spacial score (nSPS) is 20.5. The second-order valence-electron chi connectivity index (χ2n) is 17.2. The van der Waals surface area contributed by atoms with E-state index < -0.39 is 49.5 Å². The Morgan fingerprint density at radius 3 is 1.64 bits per heavy atom. The van der Waals surface area contributed by atoms with E-state index in [1.54, 1.807) is 6.08 Å². The van der Waals surface area contributed by atoms with Crippen LogP contribution in [0.2, 0.25) is 0 Å². The summed E-state index contributed by atoms with van der Waals surface area (Å²) in [6.07, 6.45) is 36.6. The van der Waals surface area contributed by atoms with Gasteiger partial charge >= 0.3 is 5.97 Å². The summed E-state index contributed by atoms with van der Waals surface area (Å²) in [6.45, 7) is 4.18.